The average molecular weight is 201 g/mol. The van der Waals surface area contributed by atoms with E-state index in [1.165, 1.54) is 5.56 Å². The van der Waals surface area contributed by atoms with Crippen molar-refractivity contribution in [1.82, 2.24) is 0 Å². The molecule has 1 heterocycles. The highest BCUT2D eigenvalue weighted by molar-refractivity contribution is 6.02. The van der Waals surface area contributed by atoms with Crippen LogP contribution in [0.3, 0.4) is 0 Å². The molecule has 15 heavy (non-hydrogen) atoms. The van der Waals surface area contributed by atoms with Crippen LogP contribution >= 0.6 is 0 Å². The zero-order chi connectivity index (χ0) is 10.7. The number of hydrogen-bond donors (Lipinski definition) is 0. The summed E-state index contributed by atoms with van der Waals surface area (Å²) in [5.74, 6) is 0.0298. The van der Waals surface area contributed by atoms with Crippen LogP contribution in [-0.2, 0) is 11.2 Å². The summed E-state index contributed by atoms with van der Waals surface area (Å²) in [5.41, 5.74) is 2.27. The predicted molar refractivity (Wildman–Crippen MR) is 60.7 cm³/mol. The van der Waals surface area contributed by atoms with E-state index in [9.17, 15) is 4.79 Å². The van der Waals surface area contributed by atoms with Crippen molar-refractivity contribution in [2.75, 3.05) is 11.4 Å². The van der Waals surface area contributed by atoms with Crippen LogP contribution in [0.5, 0.6) is 0 Å². The van der Waals surface area contributed by atoms with Gasteiger partial charge in [-0.1, -0.05) is 31.5 Å². The topological polar surface area (TPSA) is 20.3 Å². The number of rotatable bonds is 3. The fourth-order valence-corrected chi connectivity index (χ4v) is 1.84. The zero-order valence-electron chi connectivity index (χ0n) is 8.99. The summed E-state index contributed by atoms with van der Waals surface area (Å²) in [6, 6.07) is 8.07. The first-order chi connectivity index (χ1) is 7.33. The van der Waals surface area contributed by atoms with Gasteiger partial charge in [-0.15, -0.1) is 0 Å². The van der Waals surface area contributed by atoms with Gasteiger partial charge in [0.05, 0.1) is 6.42 Å². The molecule has 0 spiro atoms. The van der Waals surface area contributed by atoms with Crippen LogP contribution in [0.4, 0.5) is 5.69 Å². The van der Waals surface area contributed by atoms with Crippen molar-refractivity contribution >= 4 is 11.6 Å². The lowest BCUT2D eigenvalue weighted by atomic mass is 10.0. The van der Waals surface area contributed by atoms with Crippen molar-refractivity contribution in [2.24, 2.45) is 0 Å². The first-order valence-electron chi connectivity index (χ1n) is 5.46. The third kappa shape index (κ3) is 2.04. The van der Waals surface area contributed by atoms with Gasteiger partial charge in [0.25, 0.3) is 0 Å². The van der Waals surface area contributed by atoms with Gasteiger partial charge in [-0.25, -0.2) is 0 Å². The van der Waals surface area contributed by atoms with Crippen molar-refractivity contribution in [1.29, 1.82) is 0 Å². The second-order valence-electron chi connectivity index (χ2n) is 3.79. The molecule has 2 rings (SSSR count). The third-order valence-electron chi connectivity index (χ3n) is 2.69. The average Bonchev–Trinajstić information content (AvgIpc) is 2.28. The lowest BCUT2D eigenvalue weighted by Gasteiger charge is -2.28. The molecule has 1 amide bonds. The van der Waals surface area contributed by atoms with Gasteiger partial charge in [0, 0.05) is 12.2 Å². The molecule has 0 atom stereocenters. The molecule has 1 aliphatic rings. The van der Waals surface area contributed by atoms with Crippen LogP contribution in [0.2, 0.25) is 0 Å². The predicted octanol–water partition coefficient (Wildman–Crippen LogP) is 2.46. The zero-order valence-corrected chi connectivity index (χ0v) is 8.99. The summed E-state index contributed by atoms with van der Waals surface area (Å²) in [6.07, 6.45) is 5.68. The molecule has 1 aliphatic heterocycles. The van der Waals surface area contributed by atoms with Gasteiger partial charge in [-0.3, -0.25) is 4.79 Å². The minimum absolute atomic E-state index is 0.0298. The summed E-state index contributed by atoms with van der Waals surface area (Å²) in [5, 5.41) is 0. The van der Waals surface area contributed by atoms with Gasteiger partial charge < -0.3 is 4.90 Å². The molecule has 0 aliphatic carbocycles. The lowest BCUT2D eigenvalue weighted by Crippen LogP contribution is -2.36. The number of amides is 1. The van der Waals surface area contributed by atoms with Crippen LogP contribution < -0.4 is 4.90 Å². The van der Waals surface area contributed by atoms with Crippen molar-refractivity contribution < 1.29 is 4.79 Å². The Kier molecular flexibility index (Phi) is 3.05. The van der Waals surface area contributed by atoms with Crippen LogP contribution in [0, 0.1) is 6.42 Å². The molecule has 2 nitrogen and oxygen atoms in total. The molecular weight excluding hydrogens is 186 g/mol. The van der Waals surface area contributed by atoms with E-state index < -0.39 is 0 Å². The quantitative estimate of drug-likeness (QED) is 0.735. The fraction of sp³-hybridized carbons (Fsp3) is 0.385. The highest BCUT2D eigenvalue weighted by Gasteiger charge is 2.23. The minimum Gasteiger partial charge on any atom is -0.312 e. The number of para-hydroxylation sites is 1. The maximum Gasteiger partial charge on any atom is 0.235 e. The molecule has 0 saturated carbocycles. The smallest absolute Gasteiger partial charge is 0.235 e. The van der Waals surface area contributed by atoms with Crippen LogP contribution in [-0.4, -0.2) is 12.5 Å². The minimum atomic E-state index is 0.0298. The molecule has 1 aromatic carbocycles. The molecule has 0 fully saturated rings. The monoisotopic (exact) mass is 201 g/mol. The molecule has 0 aromatic heterocycles. The van der Waals surface area contributed by atoms with E-state index in [4.69, 9.17) is 0 Å². The van der Waals surface area contributed by atoms with Gasteiger partial charge >= 0.3 is 0 Å². The van der Waals surface area contributed by atoms with Gasteiger partial charge in [0.2, 0.25) is 5.91 Å². The van der Waals surface area contributed by atoms with E-state index in [1.54, 1.807) is 0 Å². The van der Waals surface area contributed by atoms with Crippen molar-refractivity contribution in [3.8, 4) is 0 Å². The second kappa shape index (κ2) is 4.47. The van der Waals surface area contributed by atoms with Crippen LogP contribution in [0.15, 0.2) is 24.3 Å². The van der Waals surface area contributed by atoms with Crippen molar-refractivity contribution in [3.63, 3.8) is 0 Å². The maximum atomic E-state index is 11.7. The molecule has 78 valence electrons. The fourth-order valence-electron chi connectivity index (χ4n) is 1.84. The Hall–Kier alpha value is -1.31. The number of unbranched alkanes of at least 4 members (excludes halogenated alkanes) is 1. The number of hydrogen-bond acceptors (Lipinski definition) is 1. The van der Waals surface area contributed by atoms with Gasteiger partial charge in [-0.2, -0.15) is 0 Å². The van der Waals surface area contributed by atoms with Crippen molar-refractivity contribution in [2.45, 2.75) is 26.2 Å². The standard InChI is InChI=1S/C13H15NO/c1-2-3-10-14-12-7-5-4-6-11(12)8-9-13(14)15/h4-7H,2-3,8,10H2,1H3. The Balaban J connectivity index is 2.25. The number of nitrogens with zero attached hydrogens (tertiary/aromatic N) is 1. The Morgan fingerprint density at radius 3 is 3.00 bits per heavy atom. The van der Waals surface area contributed by atoms with Crippen LogP contribution in [0.1, 0.15) is 25.3 Å². The van der Waals surface area contributed by atoms with E-state index in [1.807, 2.05) is 23.1 Å². The lowest BCUT2D eigenvalue weighted by molar-refractivity contribution is -0.115. The van der Waals surface area contributed by atoms with Gasteiger partial charge in [0.15, 0.2) is 0 Å². The molecule has 0 N–H and O–H groups in total. The largest absolute Gasteiger partial charge is 0.312 e. The molecule has 0 unspecified atom stereocenters. The summed E-state index contributed by atoms with van der Waals surface area (Å²) in [4.78, 5) is 13.5. The molecule has 2 radical (unpaired) electrons. The summed E-state index contributed by atoms with van der Waals surface area (Å²) in [7, 11) is 0. The van der Waals surface area contributed by atoms with E-state index >= 15 is 0 Å². The normalized spacial score (nSPS) is 15.3. The summed E-state index contributed by atoms with van der Waals surface area (Å²) in [6.45, 7) is 2.94. The number of carbonyl (C=O) groups is 1. The number of anilines is 1. The maximum absolute atomic E-state index is 11.7. The summed E-state index contributed by atoms with van der Waals surface area (Å²) >= 11 is 0. The van der Waals surface area contributed by atoms with Crippen molar-refractivity contribution in [3.05, 3.63) is 36.2 Å². The van der Waals surface area contributed by atoms with Gasteiger partial charge in [0.1, 0.15) is 0 Å². The Labute approximate surface area is 90.9 Å². The second-order valence-corrected chi connectivity index (χ2v) is 3.79. The van der Waals surface area contributed by atoms with E-state index in [0.29, 0.717) is 6.42 Å². The van der Waals surface area contributed by atoms with Crippen LogP contribution in [0.25, 0.3) is 0 Å². The number of carbonyl (C=O) groups excluding carboxylic acids is 1. The summed E-state index contributed by atoms with van der Waals surface area (Å²) < 4.78 is 0. The molecule has 2 heteroatoms. The third-order valence-corrected chi connectivity index (χ3v) is 2.69. The Morgan fingerprint density at radius 1 is 1.40 bits per heavy atom. The molecular formula is C13H15NO. The van der Waals surface area contributed by atoms with E-state index in [0.717, 1.165) is 25.1 Å². The highest BCUT2D eigenvalue weighted by Crippen LogP contribution is 2.27. The van der Waals surface area contributed by atoms with E-state index in [2.05, 4.69) is 19.4 Å². The molecule has 0 saturated heterocycles. The highest BCUT2D eigenvalue weighted by atomic mass is 16.2. The Bertz CT molecular complexity index is 359. The molecule has 1 aromatic rings. The SMILES string of the molecule is CCCCN1C(=O)[C]Cc2ccccc21. The first-order valence-corrected chi connectivity index (χ1v) is 5.46. The molecule has 0 bridgehead atoms. The Morgan fingerprint density at radius 2 is 2.20 bits per heavy atom. The van der Waals surface area contributed by atoms with Gasteiger partial charge in [-0.05, 0) is 24.5 Å². The van der Waals surface area contributed by atoms with E-state index in [-0.39, 0.29) is 5.91 Å². The first kappa shape index (κ1) is 10.2. The number of fused-ring (bicyclic) bond motifs is 1. The number of benzene rings is 1.